The lowest BCUT2D eigenvalue weighted by molar-refractivity contribution is -0.143. The van der Waals surface area contributed by atoms with Gasteiger partial charge < -0.3 is 20.3 Å². The number of nitrogens with one attached hydrogen (secondary N) is 1. The predicted molar refractivity (Wildman–Crippen MR) is 310 cm³/mol. The van der Waals surface area contributed by atoms with Crippen LogP contribution in [-0.2, 0) is 14.3 Å². The average molecular weight is 999 g/mol. The van der Waals surface area contributed by atoms with E-state index < -0.39 is 12.1 Å². The van der Waals surface area contributed by atoms with Crippen molar-refractivity contribution in [1.29, 1.82) is 0 Å². The molecule has 3 N–H and O–H groups in total. The third-order valence-corrected chi connectivity index (χ3v) is 14.7. The van der Waals surface area contributed by atoms with Crippen LogP contribution < -0.4 is 5.32 Å². The fourth-order valence-electron chi connectivity index (χ4n) is 9.78. The molecule has 0 rings (SSSR count). The second kappa shape index (κ2) is 60.6. The number of rotatable bonds is 59. The van der Waals surface area contributed by atoms with Gasteiger partial charge in [0.2, 0.25) is 5.91 Å². The molecule has 0 aromatic carbocycles. The fraction of sp³-hybridized carbons (Fsp3) is 0.877. The number of hydrogen-bond donors (Lipinski definition) is 3. The first-order chi connectivity index (χ1) is 35.0. The number of allylic oxidation sites excluding steroid dienone is 6. The summed E-state index contributed by atoms with van der Waals surface area (Å²) < 4.78 is 5.44. The number of carbonyl (C=O) groups is 2. The summed E-state index contributed by atoms with van der Waals surface area (Å²) in [6.45, 7) is 4.91. The van der Waals surface area contributed by atoms with Gasteiger partial charge in [0.05, 0.1) is 25.4 Å². The molecule has 0 aliphatic carbocycles. The first-order valence-electron chi connectivity index (χ1n) is 31.7. The van der Waals surface area contributed by atoms with E-state index in [9.17, 15) is 19.8 Å². The van der Waals surface area contributed by atoms with Crippen molar-refractivity contribution in [3.05, 3.63) is 36.5 Å². The number of aliphatic hydroxyl groups is 2. The van der Waals surface area contributed by atoms with Gasteiger partial charge in [-0.15, -0.1) is 0 Å². The number of ether oxygens (including phenoxy) is 1. The van der Waals surface area contributed by atoms with Gasteiger partial charge in [-0.25, -0.2) is 0 Å². The number of amides is 1. The summed E-state index contributed by atoms with van der Waals surface area (Å²) in [6.07, 6.45) is 75.9. The standard InChI is InChI=1S/C65H123NO5/c1-3-5-7-9-11-13-15-17-18-19-20-21-22-23-24-25-27-30-34-37-41-45-49-53-57-63(68)62(61-67)66-64(69)58-54-50-46-42-38-35-31-28-26-29-32-36-40-44-48-52-56-60-71-65(70)59-55-51-47-43-39-33-16-14-12-10-8-6-4-2/h14,16,26,29,36,40,62-63,67-68H,3-13,15,17-25,27-28,30-35,37-39,41-61H2,1-2H3,(H,66,69)/b16-14-,29-26-,40-36-. The largest absolute Gasteiger partial charge is 0.466 e. The van der Waals surface area contributed by atoms with E-state index in [-0.39, 0.29) is 18.5 Å². The van der Waals surface area contributed by atoms with Crippen molar-refractivity contribution >= 4 is 11.9 Å². The first-order valence-corrected chi connectivity index (χ1v) is 31.7. The van der Waals surface area contributed by atoms with Crippen molar-refractivity contribution < 1.29 is 24.5 Å². The van der Waals surface area contributed by atoms with E-state index >= 15 is 0 Å². The Morgan fingerprint density at radius 1 is 0.394 bits per heavy atom. The average Bonchev–Trinajstić information content (AvgIpc) is 3.37. The lowest BCUT2D eigenvalue weighted by Crippen LogP contribution is -2.45. The van der Waals surface area contributed by atoms with Crippen molar-refractivity contribution in [2.75, 3.05) is 13.2 Å². The maximum Gasteiger partial charge on any atom is 0.305 e. The van der Waals surface area contributed by atoms with Gasteiger partial charge in [0, 0.05) is 12.8 Å². The van der Waals surface area contributed by atoms with Gasteiger partial charge in [0.25, 0.3) is 0 Å². The Labute approximate surface area is 443 Å². The maximum absolute atomic E-state index is 12.5. The highest BCUT2D eigenvalue weighted by atomic mass is 16.5. The van der Waals surface area contributed by atoms with E-state index in [0.29, 0.717) is 25.9 Å². The van der Waals surface area contributed by atoms with Crippen LogP contribution in [0.3, 0.4) is 0 Å². The molecule has 71 heavy (non-hydrogen) atoms. The highest BCUT2D eigenvalue weighted by molar-refractivity contribution is 5.76. The first kappa shape index (κ1) is 69.1. The third-order valence-electron chi connectivity index (χ3n) is 14.7. The molecular formula is C65H123NO5. The van der Waals surface area contributed by atoms with Gasteiger partial charge in [0.1, 0.15) is 0 Å². The Bertz CT molecular complexity index is 1150. The lowest BCUT2D eigenvalue weighted by atomic mass is 10.0. The van der Waals surface area contributed by atoms with E-state index in [1.165, 1.54) is 225 Å². The van der Waals surface area contributed by atoms with Crippen LogP contribution >= 0.6 is 0 Å². The molecule has 0 aliphatic rings. The van der Waals surface area contributed by atoms with Gasteiger partial charge in [0.15, 0.2) is 0 Å². The Balaban J connectivity index is 3.49. The van der Waals surface area contributed by atoms with Crippen molar-refractivity contribution in [3.8, 4) is 0 Å². The molecule has 0 fully saturated rings. The van der Waals surface area contributed by atoms with Gasteiger partial charge in [-0.05, 0) is 89.9 Å². The molecule has 0 spiro atoms. The monoisotopic (exact) mass is 998 g/mol. The van der Waals surface area contributed by atoms with Crippen LogP contribution in [0.2, 0.25) is 0 Å². The van der Waals surface area contributed by atoms with E-state index in [4.69, 9.17) is 4.74 Å². The molecule has 0 radical (unpaired) electrons. The molecule has 2 unspecified atom stereocenters. The molecule has 0 saturated carbocycles. The van der Waals surface area contributed by atoms with Crippen molar-refractivity contribution in [3.63, 3.8) is 0 Å². The second-order valence-corrected chi connectivity index (χ2v) is 21.7. The highest BCUT2D eigenvalue weighted by Gasteiger charge is 2.20. The van der Waals surface area contributed by atoms with Crippen molar-refractivity contribution in [1.82, 2.24) is 5.32 Å². The minimum atomic E-state index is -0.677. The third kappa shape index (κ3) is 57.2. The molecule has 6 heteroatoms. The Morgan fingerprint density at radius 2 is 0.704 bits per heavy atom. The van der Waals surface area contributed by atoms with Crippen molar-refractivity contribution in [2.24, 2.45) is 0 Å². The molecule has 0 bridgehead atoms. The summed E-state index contributed by atoms with van der Waals surface area (Å²) in [6, 6.07) is -0.556. The predicted octanol–water partition coefficient (Wildman–Crippen LogP) is 20.0. The van der Waals surface area contributed by atoms with Crippen LogP contribution in [0.15, 0.2) is 36.5 Å². The summed E-state index contributed by atoms with van der Waals surface area (Å²) in [7, 11) is 0. The molecule has 0 saturated heterocycles. The van der Waals surface area contributed by atoms with Crippen LogP contribution in [0.4, 0.5) is 0 Å². The minimum Gasteiger partial charge on any atom is -0.466 e. The topological polar surface area (TPSA) is 95.9 Å². The van der Waals surface area contributed by atoms with Gasteiger partial charge >= 0.3 is 5.97 Å². The lowest BCUT2D eigenvalue weighted by Gasteiger charge is -2.22. The Hall–Kier alpha value is -1.92. The highest BCUT2D eigenvalue weighted by Crippen LogP contribution is 2.18. The van der Waals surface area contributed by atoms with Crippen LogP contribution in [0, 0.1) is 0 Å². The van der Waals surface area contributed by atoms with Crippen LogP contribution in [0.5, 0.6) is 0 Å². The molecule has 418 valence electrons. The zero-order chi connectivity index (χ0) is 51.4. The van der Waals surface area contributed by atoms with Crippen LogP contribution in [-0.4, -0.2) is 47.4 Å². The van der Waals surface area contributed by atoms with E-state index in [1.807, 2.05) is 0 Å². The zero-order valence-corrected chi connectivity index (χ0v) is 47.7. The molecule has 0 aliphatic heterocycles. The molecule has 0 aromatic rings. The number of aliphatic hydroxyl groups excluding tert-OH is 2. The maximum atomic E-state index is 12.5. The molecule has 1 amide bonds. The van der Waals surface area contributed by atoms with E-state index in [0.717, 1.165) is 83.5 Å². The van der Waals surface area contributed by atoms with Crippen LogP contribution in [0.1, 0.15) is 341 Å². The van der Waals surface area contributed by atoms with Crippen LogP contribution in [0.25, 0.3) is 0 Å². The van der Waals surface area contributed by atoms with Gasteiger partial charge in [-0.3, -0.25) is 9.59 Å². The number of carbonyl (C=O) groups excluding carboxylic acids is 2. The summed E-state index contributed by atoms with van der Waals surface area (Å²) in [5.74, 6) is -0.0725. The smallest absolute Gasteiger partial charge is 0.305 e. The number of unbranched alkanes of at least 4 members (excludes halogenated alkanes) is 42. The molecular weight excluding hydrogens is 875 g/mol. The number of hydrogen-bond acceptors (Lipinski definition) is 5. The second-order valence-electron chi connectivity index (χ2n) is 21.7. The molecule has 6 nitrogen and oxygen atoms in total. The molecule has 0 heterocycles. The SMILES string of the molecule is CCCCCC/C=C\CCCCCCCC(=O)OCCCCC/C=C\C/C=C\CCCCCCCCCC(=O)NC(CO)C(O)CCCCCCCCCCCCCCCCCCCCCCCCCC. The fourth-order valence-corrected chi connectivity index (χ4v) is 9.78. The van der Waals surface area contributed by atoms with Gasteiger partial charge in [-0.2, -0.15) is 0 Å². The molecule has 2 atom stereocenters. The summed E-state index contributed by atoms with van der Waals surface area (Å²) in [4.78, 5) is 24.5. The quantitative estimate of drug-likeness (QED) is 0.0321. The number of esters is 1. The summed E-state index contributed by atoms with van der Waals surface area (Å²) in [5.41, 5.74) is 0. The van der Waals surface area contributed by atoms with Gasteiger partial charge in [-0.1, -0.05) is 275 Å². The van der Waals surface area contributed by atoms with E-state index in [1.54, 1.807) is 0 Å². The van der Waals surface area contributed by atoms with Crippen molar-refractivity contribution in [2.45, 2.75) is 353 Å². The summed E-state index contributed by atoms with van der Waals surface area (Å²) >= 11 is 0. The van der Waals surface area contributed by atoms with E-state index in [2.05, 4.69) is 55.6 Å². The zero-order valence-electron chi connectivity index (χ0n) is 47.7. The summed E-state index contributed by atoms with van der Waals surface area (Å²) in [5, 5.41) is 23.4. The minimum absolute atomic E-state index is 0.0242. The Kier molecular flexibility index (Phi) is 59.0. The molecule has 0 aromatic heterocycles. The normalized spacial score (nSPS) is 12.8. The Morgan fingerprint density at radius 3 is 1.10 bits per heavy atom.